The Kier molecular flexibility index (Phi) is 4.95. The van der Waals surface area contributed by atoms with Crippen molar-refractivity contribution in [1.82, 2.24) is 25.5 Å². The zero-order valence-electron chi connectivity index (χ0n) is 13.4. The number of carbonyl (C=O) groups is 1. The molecule has 1 N–H and O–H groups in total. The quantitative estimate of drug-likeness (QED) is 0.852. The number of rotatable bonds is 5. The SMILES string of the molecule is CCn1nnnc1S[C@@H](C)C(=O)N[C@@H]1CCCc2ccccc21. The summed E-state index contributed by atoms with van der Waals surface area (Å²) in [5, 5.41) is 15.2. The first-order valence-corrected chi connectivity index (χ1v) is 8.88. The van der Waals surface area contributed by atoms with Gasteiger partial charge < -0.3 is 5.32 Å². The normalized spacial score (nSPS) is 18.3. The smallest absolute Gasteiger partial charge is 0.233 e. The number of aromatic nitrogens is 4. The van der Waals surface area contributed by atoms with Crippen LogP contribution in [0.4, 0.5) is 0 Å². The minimum absolute atomic E-state index is 0.0300. The van der Waals surface area contributed by atoms with Crippen LogP contribution in [0.5, 0.6) is 0 Å². The Hall–Kier alpha value is -1.89. The molecule has 1 aromatic carbocycles. The second-order valence-corrected chi connectivity index (χ2v) is 7.00. The third-order valence-corrected chi connectivity index (χ3v) is 5.21. The van der Waals surface area contributed by atoms with Gasteiger partial charge in [0.25, 0.3) is 0 Å². The second kappa shape index (κ2) is 7.12. The molecule has 0 fully saturated rings. The minimum Gasteiger partial charge on any atom is -0.348 e. The largest absolute Gasteiger partial charge is 0.348 e. The molecule has 1 aromatic heterocycles. The van der Waals surface area contributed by atoms with E-state index in [2.05, 4.69) is 39.0 Å². The summed E-state index contributed by atoms with van der Waals surface area (Å²) in [5.74, 6) is 0.0300. The molecule has 1 aliphatic rings. The van der Waals surface area contributed by atoms with Gasteiger partial charge in [-0.25, -0.2) is 4.68 Å². The predicted octanol–water partition coefficient (Wildman–Crippen LogP) is 2.37. The van der Waals surface area contributed by atoms with Crippen LogP contribution in [0, 0.1) is 0 Å². The number of benzene rings is 1. The first-order chi connectivity index (χ1) is 11.2. The molecule has 0 saturated carbocycles. The minimum atomic E-state index is -0.236. The first-order valence-electron chi connectivity index (χ1n) is 8.00. The molecule has 0 saturated heterocycles. The maximum absolute atomic E-state index is 12.5. The van der Waals surface area contributed by atoms with E-state index in [1.807, 2.05) is 19.9 Å². The lowest BCUT2D eigenvalue weighted by Gasteiger charge is -2.27. The highest BCUT2D eigenvalue weighted by molar-refractivity contribution is 8.00. The molecule has 6 nitrogen and oxygen atoms in total. The lowest BCUT2D eigenvalue weighted by atomic mass is 9.88. The molecule has 1 aliphatic carbocycles. The van der Waals surface area contributed by atoms with Gasteiger partial charge in [0.15, 0.2) is 0 Å². The van der Waals surface area contributed by atoms with Crippen molar-refractivity contribution in [2.75, 3.05) is 0 Å². The molecular formula is C16H21N5OS. The number of fused-ring (bicyclic) bond motifs is 1. The number of tetrazole rings is 1. The average Bonchev–Trinajstić information content (AvgIpc) is 3.02. The monoisotopic (exact) mass is 331 g/mol. The van der Waals surface area contributed by atoms with Gasteiger partial charge >= 0.3 is 0 Å². The van der Waals surface area contributed by atoms with E-state index in [4.69, 9.17) is 0 Å². The van der Waals surface area contributed by atoms with Crippen LogP contribution in [0.3, 0.4) is 0 Å². The summed E-state index contributed by atoms with van der Waals surface area (Å²) in [6.07, 6.45) is 3.20. The fourth-order valence-corrected chi connectivity index (χ4v) is 3.75. The number of hydrogen-bond acceptors (Lipinski definition) is 5. The summed E-state index contributed by atoms with van der Waals surface area (Å²) >= 11 is 1.39. The third kappa shape index (κ3) is 3.55. The molecule has 2 aromatic rings. The highest BCUT2D eigenvalue weighted by Gasteiger charge is 2.25. The Morgan fingerprint density at radius 2 is 2.30 bits per heavy atom. The molecule has 3 rings (SSSR count). The molecule has 23 heavy (non-hydrogen) atoms. The molecule has 0 bridgehead atoms. The summed E-state index contributed by atoms with van der Waals surface area (Å²) in [6.45, 7) is 4.56. The second-order valence-electron chi connectivity index (χ2n) is 5.69. The van der Waals surface area contributed by atoms with Crippen molar-refractivity contribution in [3.05, 3.63) is 35.4 Å². The van der Waals surface area contributed by atoms with Crippen molar-refractivity contribution >= 4 is 17.7 Å². The standard InChI is InChI=1S/C16H21N5OS/c1-3-21-16(18-19-20-21)23-11(2)15(22)17-14-10-6-8-12-7-4-5-9-13(12)14/h4-5,7,9,11,14H,3,6,8,10H2,1-2H3,(H,17,22)/t11-,14+/m0/s1. The number of carbonyl (C=O) groups excluding carboxylic acids is 1. The van der Waals surface area contributed by atoms with Gasteiger partial charge in [0.1, 0.15) is 0 Å². The molecule has 0 unspecified atom stereocenters. The van der Waals surface area contributed by atoms with Crippen LogP contribution in [0.2, 0.25) is 0 Å². The molecule has 1 amide bonds. The summed E-state index contributed by atoms with van der Waals surface area (Å²) in [4.78, 5) is 12.5. The molecule has 0 aliphatic heterocycles. The van der Waals surface area contributed by atoms with Gasteiger partial charge in [-0.15, -0.1) is 5.10 Å². The van der Waals surface area contributed by atoms with Crippen LogP contribution in [0.15, 0.2) is 29.4 Å². The molecule has 0 spiro atoms. The third-order valence-electron chi connectivity index (χ3n) is 4.14. The first kappa shape index (κ1) is 16.0. The van der Waals surface area contributed by atoms with Crippen LogP contribution in [-0.2, 0) is 17.8 Å². The maximum atomic E-state index is 12.5. The van der Waals surface area contributed by atoms with Gasteiger partial charge in [0, 0.05) is 6.54 Å². The van der Waals surface area contributed by atoms with Crippen molar-refractivity contribution in [3.8, 4) is 0 Å². The average molecular weight is 331 g/mol. The Morgan fingerprint density at radius 3 is 3.13 bits per heavy atom. The van der Waals surface area contributed by atoms with E-state index < -0.39 is 0 Å². The van der Waals surface area contributed by atoms with E-state index in [1.54, 1.807) is 4.68 Å². The lowest BCUT2D eigenvalue weighted by molar-refractivity contribution is -0.121. The number of nitrogens with one attached hydrogen (secondary N) is 1. The summed E-state index contributed by atoms with van der Waals surface area (Å²) in [6, 6.07) is 8.48. The maximum Gasteiger partial charge on any atom is 0.233 e. The van der Waals surface area contributed by atoms with E-state index in [0.717, 1.165) is 19.3 Å². The van der Waals surface area contributed by atoms with E-state index in [1.165, 1.54) is 22.9 Å². The highest BCUT2D eigenvalue weighted by Crippen LogP contribution is 2.30. The molecule has 7 heteroatoms. The molecule has 0 radical (unpaired) electrons. The van der Waals surface area contributed by atoms with Gasteiger partial charge in [-0.3, -0.25) is 4.79 Å². The van der Waals surface area contributed by atoms with E-state index in [9.17, 15) is 4.79 Å². The summed E-state index contributed by atoms with van der Waals surface area (Å²) < 4.78 is 1.70. The predicted molar refractivity (Wildman–Crippen MR) is 89.1 cm³/mol. The fraction of sp³-hybridized carbons (Fsp3) is 0.500. The molecule has 1 heterocycles. The molecular weight excluding hydrogens is 310 g/mol. The Balaban J connectivity index is 1.65. The zero-order valence-corrected chi connectivity index (χ0v) is 14.2. The van der Waals surface area contributed by atoms with Crippen LogP contribution < -0.4 is 5.32 Å². The highest BCUT2D eigenvalue weighted by atomic mass is 32.2. The Bertz CT molecular complexity index is 687. The van der Waals surface area contributed by atoms with Crippen molar-refractivity contribution in [2.45, 2.75) is 56.1 Å². The Morgan fingerprint density at radius 1 is 1.48 bits per heavy atom. The van der Waals surface area contributed by atoms with Gasteiger partial charge in [0.05, 0.1) is 11.3 Å². The van der Waals surface area contributed by atoms with Crippen LogP contribution in [-0.4, -0.2) is 31.4 Å². The number of aryl methyl sites for hydroxylation is 2. The molecule has 2 atom stereocenters. The van der Waals surface area contributed by atoms with E-state index >= 15 is 0 Å². The van der Waals surface area contributed by atoms with Gasteiger partial charge in [-0.2, -0.15) is 0 Å². The zero-order chi connectivity index (χ0) is 16.2. The fourth-order valence-electron chi connectivity index (χ4n) is 2.88. The van der Waals surface area contributed by atoms with Gasteiger partial charge in [-0.05, 0) is 54.7 Å². The topological polar surface area (TPSA) is 72.7 Å². The summed E-state index contributed by atoms with van der Waals surface area (Å²) in [5.41, 5.74) is 2.60. The van der Waals surface area contributed by atoms with Crippen LogP contribution in [0.25, 0.3) is 0 Å². The lowest BCUT2D eigenvalue weighted by Crippen LogP contribution is -2.36. The van der Waals surface area contributed by atoms with Crippen molar-refractivity contribution in [2.24, 2.45) is 0 Å². The number of nitrogens with zero attached hydrogens (tertiary/aromatic N) is 4. The number of amides is 1. The van der Waals surface area contributed by atoms with E-state index in [0.29, 0.717) is 11.7 Å². The Labute approximate surface area is 140 Å². The van der Waals surface area contributed by atoms with Gasteiger partial charge in [-0.1, -0.05) is 36.0 Å². The van der Waals surface area contributed by atoms with Crippen LogP contribution in [0.1, 0.15) is 43.9 Å². The van der Waals surface area contributed by atoms with E-state index in [-0.39, 0.29) is 17.2 Å². The van der Waals surface area contributed by atoms with Gasteiger partial charge in [0.2, 0.25) is 11.1 Å². The van der Waals surface area contributed by atoms with Crippen molar-refractivity contribution < 1.29 is 4.79 Å². The van der Waals surface area contributed by atoms with Crippen molar-refractivity contribution in [1.29, 1.82) is 0 Å². The number of hydrogen-bond donors (Lipinski definition) is 1. The molecule has 122 valence electrons. The van der Waals surface area contributed by atoms with Crippen LogP contribution >= 0.6 is 11.8 Å². The van der Waals surface area contributed by atoms with Crippen molar-refractivity contribution in [3.63, 3.8) is 0 Å². The number of thioether (sulfide) groups is 1. The summed E-state index contributed by atoms with van der Waals surface area (Å²) in [7, 11) is 0.